The molecule has 1 unspecified atom stereocenters. The first kappa shape index (κ1) is 16.8. The summed E-state index contributed by atoms with van der Waals surface area (Å²) in [6.45, 7) is 4.65. The van der Waals surface area contributed by atoms with Gasteiger partial charge in [0.1, 0.15) is 17.2 Å². The molecule has 0 saturated carbocycles. The molecule has 0 aliphatic carbocycles. The van der Waals surface area contributed by atoms with Crippen LogP contribution in [0, 0.1) is 13.8 Å². The first-order valence-electron chi connectivity index (χ1n) is 8.69. The van der Waals surface area contributed by atoms with E-state index in [0.29, 0.717) is 5.69 Å². The zero-order valence-corrected chi connectivity index (χ0v) is 15.6. The second-order valence-electron chi connectivity index (χ2n) is 6.51. The lowest BCUT2D eigenvalue weighted by Crippen LogP contribution is -2.36. The molecule has 0 aromatic carbocycles. The molecule has 0 saturated heterocycles. The third kappa shape index (κ3) is 3.24. The van der Waals surface area contributed by atoms with Gasteiger partial charge in [0.2, 0.25) is 0 Å². The first-order chi connectivity index (χ1) is 12.6. The number of nitrogens with zero attached hydrogens (tertiary/aromatic N) is 5. The molecule has 0 radical (unpaired) electrons. The fraction of sp³-hybridized carbons (Fsp3) is 0.389. The Hall–Kier alpha value is -2.61. The molecule has 3 aromatic heterocycles. The molecule has 1 aliphatic heterocycles. The van der Waals surface area contributed by atoms with Crippen molar-refractivity contribution in [2.24, 2.45) is 0 Å². The Balaban J connectivity index is 1.48. The third-order valence-corrected chi connectivity index (χ3v) is 5.43. The van der Waals surface area contributed by atoms with Gasteiger partial charge in [-0.15, -0.1) is 21.5 Å². The van der Waals surface area contributed by atoms with Gasteiger partial charge in [0.15, 0.2) is 5.82 Å². The number of nitrogens with one attached hydrogen (secondary N) is 1. The highest BCUT2D eigenvalue weighted by Gasteiger charge is 2.23. The van der Waals surface area contributed by atoms with Gasteiger partial charge < -0.3 is 9.88 Å². The number of carbonyl (C=O) groups excluding carboxylic acids is 1. The average molecular weight is 368 g/mol. The fourth-order valence-electron chi connectivity index (χ4n) is 3.26. The van der Waals surface area contributed by atoms with Crippen molar-refractivity contribution in [3.8, 4) is 11.5 Å². The van der Waals surface area contributed by atoms with Crippen molar-refractivity contribution in [3.63, 3.8) is 0 Å². The predicted octanol–water partition coefficient (Wildman–Crippen LogP) is 2.55. The molecule has 3 aromatic rings. The van der Waals surface area contributed by atoms with E-state index >= 15 is 0 Å². The third-order valence-electron chi connectivity index (χ3n) is 4.65. The Bertz CT molecular complexity index is 947. The van der Waals surface area contributed by atoms with Crippen molar-refractivity contribution in [1.29, 1.82) is 0 Å². The Labute approximate surface area is 155 Å². The summed E-state index contributed by atoms with van der Waals surface area (Å²) in [5.41, 5.74) is 2.25. The van der Waals surface area contributed by atoms with Crippen LogP contribution in [-0.2, 0) is 13.0 Å². The second kappa shape index (κ2) is 6.95. The number of carbonyl (C=O) groups is 1. The van der Waals surface area contributed by atoms with Crippen LogP contribution >= 0.6 is 11.3 Å². The van der Waals surface area contributed by atoms with Crippen LogP contribution in [0.25, 0.3) is 11.5 Å². The van der Waals surface area contributed by atoms with E-state index in [0.717, 1.165) is 53.7 Å². The summed E-state index contributed by atoms with van der Waals surface area (Å²) in [5.74, 6) is 1.66. The number of aryl methyl sites for hydroxylation is 3. The molecule has 0 spiro atoms. The lowest BCUT2D eigenvalue weighted by atomic mass is 10.1. The number of pyridine rings is 1. The number of hydrogen-bond acceptors (Lipinski definition) is 6. The highest BCUT2D eigenvalue weighted by atomic mass is 32.1. The van der Waals surface area contributed by atoms with Gasteiger partial charge in [0.25, 0.3) is 5.91 Å². The van der Waals surface area contributed by atoms with Crippen LogP contribution in [0.3, 0.4) is 0 Å². The van der Waals surface area contributed by atoms with Crippen molar-refractivity contribution >= 4 is 17.2 Å². The topological polar surface area (TPSA) is 85.6 Å². The molecule has 4 heterocycles. The summed E-state index contributed by atoms with van der Waals surface area (Å²) in [5, 5.41) is 14.8. The molecular formula is C18H20N6OS. The number of fused-ring (bicyclic) bond motifs is 1. The van der Waals surface area contributed by atoms with Crippen molar-refractivity contribution in [3.05, 3.63) is 45.8 Å². The van der Waals surface area contributed by atoms with Gasteiger partial charge in [-0.3, -0.25) is 9.78 Å². The van der Waals surface area contributed by atoms with Crippen LogP contribution in [0.2, 0.25) is 0 Å². The molecule has 0 fully saturated rings. The van der Waals surface area contributed by atoms with Crippen LogP contribution < -0.4 is 5.32 Å². The molecule has 8 heteroatoms. The van der Waals surface area contributed by atoms with Gasteiger partial charge in [-0.1, -0.05) is 6.07 Å². The summed E-state index contributed by atoms with van der Waals surface area (Å²) < 4.78 is 2.13. The average Bonchev–Trinajstić information content (AvgIpc) is 3.18. The zero-order chi connectivity index (χ0) is 18.1. The first-order valence-corrected chi connectivity index (χ1v) is 9.57. The number of thiazole rings is 1. The van der Waals surface area contributed by atoms with Crippen molar-refractivity contribution in [2.75, 3.05) is 0 Å². The zero-order valence-electron chi connectivity index (χ0n) is 14.8. The largest absolute Gasteiger partial charge is 0.348 e. The summed E-state index contributed by atoms with van der Waals surface area (Å²) in [4.78, 5) is 21.3. The lowest BCUT2D eigenvalue weighted by molar-refractivity contribution is 0.0927. The number of aromatic nitrogens is 5. The number of amides is 1. The molecule has 4 rings (SSSR count). The SMILES string of the molecule is Cc1nc(-c2nnc3n2CCC(NC(=O)c2ncccc2C)CC3)cs1. The maximum Gasteiger partial charge on any atom is 0.270 e. The minimum absolute atomic E-state index is 0.0932. The van der Waals surface area contributed by atoms with E-state index in [9.17, 15) is 4.79 Å². The van der Waals surface area contributed by atoms with Crippen LogP contribution in [-0.4, -0.2) is 36.7 Å². The number of rotatable bonds is 3. The fourth-order valence-corrected chi connectivity index (χ4v) is 3.86. The van der Waals surface area contributed by atoms with E-state index in [1.807, 2.05) is 31.4 Å². The monoisotopic (exact) mass is 368 g/mol. The summed E-state index contributed by atoms with van der Waals surface area (Å²) in [6, 6.07) is 3.83. The van der Waals surface area contributed by atoms with E-state index in [4.69, 9.17) is 0 Å². The highest BCUT2D eigenvalue weighted by molar-refractivity contribution is 7.09. The summed E-state index contributed by atoms with van der Waals surface area (Å²) >= 11 is 1.61. The summed E-state index contributed by atoms with van der Waals surface area (Å²) in [6.07, 6.45) is 4.10. The highest BCUT2D eigenvalue weighted by Crippen LogP contribution is 2.24. The van der Waals surface area contributed by atoms with Gasteiger partial charge in [0.05, 0.1) is 5.01 Å². The smallest absolute Gasteiger partial charge is 0.270 e. The summed E-state index contributed by atoms with van der Waals surface area (Å²) in [7, 11) is 0. The molecule has 7 nitrogen and oxygen atoms in total. The van der Waals surface area contributed by atoms with Gasteiger partial charge in [0, 0.05) is 30.6 Å². The Morgan fingerprint density at radius 3 is 2.96 bits per heavy atom. The van der Waals surface area contributed by atoms with E-state index in [1.54, 1.807) is 17.5 Å². The van der Waals surface area contributed by atoms with Crippen LogP contribution in [0.5, 0.6) is 0 Å². The molecular weight excluding hydrogens is 348 g/mol. The van der Waals surface area contributed by atoms with Crippen LogP contribution in [0.4, 0.5) is 0 Å². The second-order valence-corrected chi connectivity index (χ2v) is 7.57. The van der Waals surface area contributed by atoms with E-state index in [-0.39, 0.29) is 11.9 Å². The van der Waals surface area contributed by atoms with Gasteiger partial charge in [-0.25, -0.2) is 4.98 Å². The normalized spacial score (nSPS) is 16.8. The van der Waals surface area contributed by atoms with Crippen molar-refractivity contribution in [1.82, 2.24) is 30.0 Å². The van der Waals surface area contributed by atoms with Gasteiger partial charge >= 0.3 is 0 Å². The predicted molar refractivity (Wildman–Crippen MR) is 99.0 cm³/mol. The van der Waals surface area contributed by atoms with Gasteiger partial charge in [-0.2, -0.15) is 0 Å². The van der Waals surface area contributed by atoms with Crippen molar-refractivity contribution in [2.45, 2.75) is 45.7 Å². The van der Waals surface area contributed by atoms with Crippen molar-refractivity contribution < 1.29 is 4.79 Å². The standard InChI is InChI=1S/C18H20N6OS/c1-11-4-3-8-19-16(11)18(25)21-13-5-6-15-22-23-17(24(15)9-7-13)14-10-26-12(2)20-14/h3-4,8,10,13H,5-7,9H2,1-2H3,(H,21,25). The van der Waals surface area contributed by atoms with Crippen LogP contribution in [0.1, 0.15) is 39.7 Å². The maximum absolute atomic E-state index is 12.5. The van der Waals surface area contributed by atoms with E-state index in [2.05, 4.69) is 30.0 Å². The maximum atomic E-state index is 12.5. The number of hydrogen-bond donors (Lipinski definition) is 1. The lowest BCUT2D eigenvalue weighted by Gasteiger charge is -2.16. The molecule has 1 N–H and O–H groups in total. The Kier molecular flexibility index (Phi) is 4.50. The van der Waals surface area contributed by atoms with E-state index < -0.39 is 0 Å². The van der Waals surface area contributed by atoms with Crippen LogP contribution in [0.15, 0.2) is 23.7 Å². The molecule has 26 heavy (non-hydrogen) atoms. The van der Waals surface area contributed by atoms with Gasteiger partial charge in [-0.05, 0) is 38.3 Å². The molecule has 1 aliphatic rings. The Morgan fingerprint density at radius 2 is 2.19 bits per heavy atom. The molecule has 1 atom stereocenters. The molecule has 134 valence electrons. The minimum Gasteiger partial charge on any atom is -0.348 e. The molecule has 0 bridgehead atoms. The van der Waals surface area contributed by atoms with E-state index in [1.165, 1.54) is 0 Å². The Morgan fingerprint density at radius 1 is 1.31 bits per heavy atom. The minimum atomic E-state index is -0.110. The molecule has 1 amide bonds. The quantitative estimate of drug-likeness (QED) is 0.768.